The normalized spacial score (nSPS) is 64.7. The van der Waals surface area contributed by atoms with Crippen molar-refractivity contribution in [1.82, 2.24) is 0 Å². The molecule has 0 aromatic heterocycles. The lowest BCUT2D eigenvalue weighted by atomic mass is 9.35. The molecule has 29 heavy (non-hydrogen) atoms. The Hall–Kier alpha value is -0.810. The molecule has 4 aliphatic rings. The van der Waals surface area contributed by atoms with Gasteiger partial charge in [0.05, 0.1) is 30.0 Å². The van der Waals surface area contributed by atoms with Crippen LogP contribution in [0.1, 0.15) is 40.5 Å². The van der Waals surface area contributed by atoms with E-state index < -0.39 is 82.4 Å². The number of hydrogen-bond acceptors (Lipinski definition) is 9. The summed E-state index contributed by atoms with van der Waals surface area (Å²) in [7, 11) is 0. The van der Waals surface area contributed by atoms with Gasteiger partial charge in [0.2, 0.25) is 0 Å². The van der Waals surface area contributed by atoms with Crippen molar-refractivity contribution in [3.8, 4) is 0 Å². The fraction of sp³-hybridized carbons (Fsp3) is 0.950. The lowest BCUT2D eigenvalue weighted by Gasteiger charge is -2.73. The number of ether oxygens (including phenoxy) is 1. The first-order valence-corrected chi connectivity index (χ1v) is 10.2. The molecule has 3 saturated carbocycles. The molecule has 1 saturated heterocycles. The van der Waals surface area contributed by atoms with E-state index in [1.54, 1.807) is 13.8 Å². The standard InChI is InChI=1S/C20H32O9/c1-7-11(22)12(23)13-18(3)9(17(2,27)6-8(21)14(18)24)5-10-19(13,4)20(7,28)15(25)16(26)29-10/h7-15,21-25,27-28H,5-6H2,1-4H3/t7-,8+,9-,10-,11-,12-,13+,14-,15+,17+,18+,19-,20+/m1/s1. The van der Waals surface area contributed by atoms with Crippen molar-refractivity contribution in [2.75, 3.05) is 0 Å². The predicted molar refractivity (Wildman–Crippen MR) is 97.1 cm³/mol. The van der Waals surface area contributed by atoms with Crippen LogP contribution in [0.4, 0.5) is 0 Å². The number of aliphatic hydroxyl groups is 7. The van der Waals surface area contributed by atoms with Crippen LogP contribution in [0.15, 0.2) is 0 Å². The van der Waals surface area contributed by atoms with Crippen molar-refractivity contribution in [2.45, 2.75) is 88.4 Å². The second-order valence-electron chi connectivity index (χ2n) is 10.4. The Morgan fingerprint density at radius 2 is 1.59 bits per heavy atom. The van der Waals surface area contributed by atoms with E-state index in [1.807, 2.05) is 0 Å². The molecule has 0 bridgehead atoms. The van der Waals surface area contributed by atoms with Crippen molar-refractivity contribution in [2.24, 2.45) is 28.6 Å². The van der Waals surface area contributed by atoms with E-state index >= 15 is 0 Å². The molecule has 166 valence electrons. The van der Waals surface area contributed by atoms with Crippen molar-refractivity contribution in [1.29, 1.82) is 0 Å². The second-order valence-corrected chi connectivity index (χ2v) is 10.4. The Morgan fingerprint density at radius 1 is 1.00 bits per heavy atom. The smallest absolute Gasteiger partial charge is 0.338 e. The molecule has 9 nitrogen and oxygen atoms in total. The van der Waals surface area contributed by atoms with Crippen molar-refractivity contribution < 1.29 is 45.3 Å². The van der Waals surface area contributed by atoms with Gasteiger partial charge in [-0.1, -0.05) is 20.8 Å². The molecule has 4 rings (SSSR count). The van der Waals surface area contributed by atoms with E-state index in [4.69, 9.17) is 4.74 Å². The average Bonchev–Trinajstić information content (AvgIpc) is 2.63. The Morgan fingerprint density at radius 3 is 2.17 bits per heavy atom. The molecule has 1 heterocycles. The maximum Gasteiger partial charge on any atom is 0.338 e. The number of rotatable bonds is 0. The molecule has 4 fully saturated rings. The summed E-state index contributed by atoms with van der Waals surface area (Å²) >= 11 is 0. The summed E-state index contributed by atoms with van der Waals surface area (Å²) < 4.78 is 5.49. The minimum absolute atomic E-state index is 0.0661. The molecule has 13 atom stereocenters. The topological polar surface area (TPSA) is 168 Å². The van der Waals surface area contributed by atoms with Gasteiger partial charge >= 0.3 is 5.97 Å². The quantitative estimate of drug-likeness (QED) is 0.219. The van der Waals surface area contributed by atoms with Crippen LogP contribution < -0.4 is 0 Å². The SMILES string of the molecule is C[C@@H]1[C@@H](O)[C@@H](O)[C@H]2[C@@]3(C)[C@H](O)[C@@H](O)C[C@](C)(O)[C@H]3C[C@H]3OC(=O)[C@H](O)[C@]1(O)[C@]32C. The fourth-order valence-electron chi connectivity index (χ4n) is 7.75. The Kier molecular flexibility index (Phi) is 4.36. The Balaban J connectivity index is 1.99. The van der Waals surface area contributed by atoms with E-state index in [9.17, 15) is 40.5 Å². The Labute approximate surface area is 168 Å². The third-order valence-electron chi connectivity index (χ3n) is 9.22. The second kappa shape index (κ2) is 5.91. The number of carbonyl (C=O) groups excluding carboxylic acids is 1. The zero-order valence-electron chi connectivity index (χ0n) is 17.1. The monoisotopic (exact) mass is 416 g/mol. The highest BCUT2D eigenvalue weighted by atomic mass is 16.6. The van der Waals surface area contributed by atoms with Crippen LogP contribution in [0.2, 0.25) is 0 Å². The number of esters is 1. The first-order chi connectivity index (χ1) is 13.2. The maximum absolute atomic E-state index is 12.4. The van der Waals surface area contributed by atoms with Crippen LogP contribution in [0.25, 0.3) is 0 Å². The lowest BCUT2D eigenvalue weighted by Crippen LogP contribution is -2.84. The number of aliphatic hydroxyl groups excluding tert-OH is 5. The molecule has 0 aromatic rings. The highest BCUT2D eigenvalue weighted by Gasteiger charge is 2.80. The minimum Gasteiger partial charge on any atom is -0.460 e. The first-order valence-electron chi connectivity index (χ1n) is 10.2. The van der Waals surface area contributed by atoms with E-state index in [-0.39, 0.29) is 12.8 Å². The van der Waals surface area contributed by atoms with E-state index in [0.717, 1.165) is 0 Å². The van der Waals surface area contributed by atoms with Gasteiger partial charge in [-0.3, -0.25) is 0 Å². The lowest BCUT2D eigenvalue weighted by molar-refractivity contribution is -0.378. The summed E-state index contributed by atoms with van der Waals surface area (Å²) in [6.45, 7) is 6.16. The zero-order chi connectivity index (χ0) is 21.9. The van der Waals surface area contributed by atoms with E-state index in [2.05, 4.69) is 0 Å². The molecule has 0 unspecified atom stereocenters. The summed E-state index contributed by atoms with van der Waals surface area (Å²) in [4.78, 5) is 12.4. The molecule has 7 N–H and O–H groups in total. The van der Waals surface area contributed by atoms with Gasteiger partial charge in [0.25, 0.3) is 0 Å². The van der Waals surface area contributed by atoms with Crippen LogP contribution in [0.3, 0.4) is 0 Å². The van der Waals surface area contributed by atoms with Crippen molar-refractivity contribution in [3.63, 3.8) is 0 Å². The molecular weight excluding hydrogens is 384 g/mol. The summed E-state index contributed by atoms with van der Waals surface area (Å²) in [6.07, 6.45) is -8.59. The summed E-state index contributed by atoms with van der Waals surface area (Å²) in [5.74, 6) is -3.90. The number of hydrogen-bond donors (Lipinski definition) is 7. The highest BCUT2D eigenvalue weighted by molar-refractivity contribution is 5.78. The molecular formula is C20H32O9. The van der Waals surface area contributed by atoms with Crippen LogP contribution in [0, 0.1) is 28.6 Å². The molecule has 1 aliphatic heterocycles. The van der Waals surface area contributed by atoms with E-state index in [0.29, 0.717) is 0 Å². The predicted octanol–water partition coefficient (Wildman–Crippen LogP) is -2.10. The molecule has 0 radical (unpaired) electrons. The molecule has 9 heteroatoms. The third-order valence-corrected chi connectivity index (χ3v) is 9.22. The van der Waals surface area contributed by atoms with Gasteiger partial charge in [0, 0.05) is 29.1 Å². The van der Waals surface area contributed by atoms with Gasteiger partial charge < -0.3 is 40.5 Å². The summed E-state index contributed by atoms with van der Waals surface area (Å²) in [5, 5.41) is 77.0. The maximum atomic E-state index is 12.4. The van der Waals surface area contributed by atoms with Crippen LogP contribution in [0.5, 0.6) is 0 Å². The minimum atomic E-state index is -2.14. The Bertz CT molecular complexity index is 727. The largest absolute Gasteiger partial charge is 0.460 e. The molecule has 0 spiro atoms. The summed E-state index contributed by atoms with van der Waals surface area (Å²) in [5.41, 5.74) is -6.39. The van der Waals surface area contributed by atoms with Gasteiger partial charge in [-0.2, -0.15) is 0 Å². The van der Waals surface area contributed by atoms with Crippen LogP contribution >= 0.6 is 0 Å². The van der Waals surface area contributed by atoms with Gasteiger partial charge in [-0.25, -0.2) is 4.79 Å². The summed E-state index contributed by atoms with van der Waals surface area (Å²) in [6, 6.07) is 0. The van der Waals surface area contributed by atoms with Crippen molar-refractivity contribution >= 4 is 5.97 Å². The van der Waals surface area contributed by atoms with Crippen LogP contribution in [-0.2, 0) is 9.53 Å². The van der Waals surface area contributed by atoms with E-state index in [1.165, 1.54) is 13.8 Å². The average molecular weight is 416 g/mol. The third kappa shape index (κ3) is 2.17. The first kappa shape index (κ1) is 21.4. The van der Waals surface area contributed by atoms with Gasteiger partial charge in [0.15, 0.2) is 6.10 Å². The van der Waals surface area contributed by atoms with Gasteiger partial charge in [-0.05, 0) is 19.3 Å². The molecule has 0 amide bonds. The fourth-order valence-corrected chi connectivity index (χ4v) is 7.75. The van der Waals surface area contributed by atoms with Gasteiger partial charge in [0.1, 0.15) is 11.7 Å². The number of carbonyl (C=O) groups is 1. The van der Waals surface area contributed by atoms with Gasteiger partial charge in [-0.15, -0.1) is 0 Å². The zero-order valence-corrected chi connectivity index (χ0v) is 17.1. The molecule has 3 aliphatic carbocycles. The number of fused-ring (bicyclic) bond motifs is 2. The van der Waals surface area contributed by atoms with Crippen LogP contribution in [-0.4, -0.2) is 89.5 Å². The molecule has 0 aromatic carbocycles. The van der Waals surface area contributed by atoms with Crippen molar-refractivity contribution in [3.05, 3.63) is 0 Å². The highest BCUT2D eigenvalue weighted by Crippen LogP contribution is 2.70.